The third-order valence-corrected chi connectivity index (χ3v) is 5.34. The second-order valence-electron chi connectivity index (χ2n) is 5.45. The van der Waals surface area contributed by atoms with Crippen LogP contribution in [0.3, 0.4) is 0 Å². The Bertz CT molecular complexity index is 471. The SMILES string of the molecule is Fc1cc(OC2CCOC3(CCSCC3)C2)ccc1Cl. The van der Waals surface area contributed by atoms with Gasteiger partial charge in [0.15, 0.2) is 0 Å². The molecule has 2 fully saturated rings. The normalized spacial score (nSPS) is 25.6. The van der Waals surface area contributed by atoms with Gasteiger partial charge in [0.25, 0.3) is 0 Å². The summed E-state index contributed by atoms with van der Waals surface area (Å²) in [5.41, 5.74) is -0.0147. The molecule has 2 heterocycles. The maximum Gasteiger partial charge on any atom is 0.145 e. The van der Waals surface area contributed by atoms with Crippen molar-refractivity contribution in [2.75, 3.05) is 18.1 Å². The van der Waals surface area contributed by atoms with Crippen LogP contribution in [0.4, 0.5) is 4.39 Å². The first-order valence-corrected chi connectivity index (χ1v) is 8.54. The molecule has 0 radical (unpaired) electrons. The highest BCUT2D eigenvalue weighted by molar-refractivity contribution is 7.99. The fraction of sp³-hybridized carbons (Fsp3) is 0.600. The molecule has 2 saturated heterocycles. The lowest BCUT2D eigenvalue weighted by Gasteiger charge is -2.43. The summed E-state index contributed by atoms with van der Waals surface area (Å²) in [6.45, 7) is 0.728. The van der Waals surface area contributed by atoms with E-state index in [2.05, 4.69) is 0 Å². The zero-order chi connectivity index (χ0) is 14.0. The van der Waals surface area contributed by atoms with Crippen LogP contribution >= 0.6 is 23.4 Å². The molecule has 3 rings (SSSR count). The second-order valence-corrected chi connectivity index (χ2v) is 7.08. The van der Waals surface area contributed by atoms with Crippen molar-refractivity contribution < 1.29 is 13.9 Å². The van der Waals surface area contributed by atoms with Gasteiger partial charge in [0.1, 0.15) is 17.7 Å². The molecule has 110 valence electrons. The van der Waals surface area contributed by atoms with Gasteiger partial charge in [-0.2, -0.15) is 11.8 Å². The van der Waals surface area contributed by atoms with Gasteiger partial charge in [-0.1, -0.05) is 11.6 Å². The number of halogens is 2. The minimum atomic E-state index is -0.431. The molecule has 20 heavy (non-hydrogen) atoms. The van der Waals surface area contributed by atoms with Crippen molar-refractivity contribution in [2.45, 2.75) is 37.4 Å². The van der Waals surface area contributed by atoms with Gasteiger partial charge in [-0.05, 0) is 36.5 Å². The molecule has 5 heteroatoms. The summed E-state index contributed by atoms with van der Waals surface area (Å²) in [4.78, 5) is 0. The zero-order valence-electron chi connectivity index (χ0n) is 11.2. The predicted octanol–water partition coefficient (Wildman–Crippen LogP) is 4.30. The van der Waals surface area contributed by atoms with Crippen molar-refractivity contribution in [1.82, 2.24) is 0 Å². The first-order valence-electron chi connectivity index (χ1n) is 7.00. The highest BCUT2D eigenvalue weighted by Crippen LogP contribution is 2.38. The molecule has 0 amide bonds. The third kappa shape index (κ3) is 3.23. The van der Waals surface area contributed by atoms with Crippen molar-refractivity contribution in [3.63, 3.8) is 0 Å². The Morgan fingerprint density at radius 3 is 2.90 bits per heavy atom. The predicted molar refractivity (Wildman–Crippen MR) is 80.3 cm³/mol. The van der Waals surface area contributed by atoms with Gasteiger partial charge < -0.3 is 9.47 Å². The monoisotopic (exact) mass is 316 g/mol. The number of thioether (sulfide) groups is 1. The molecule has 2 aliphatic rings. The Morgan fingerprint density at radius 2 is 2.15 bits per heavy atom. The summed E-state index contributed by atoms with van der Waals surface area (Å²) >= 11 is 7.67. The van der Waals surface area contributed by atoms with Crippen LogP contribution in [0.5, 0.6) is 5.75 Å². The lowest BCUT2D eigenvalue weighted by molar-refractivity contribution is -0.116. The van der Waals surface area contributed by atoms with E-state index in [-0.39, 0.29) is 16.7 Å². The smallest absolute Gasteiger partial charge is 0.145 e. The largest absolute Gasteiger partial charge is 0.490 e. The molecular weight excluding hydrogens is 299 g/mol. The zero-order valence-corrected chi connectivity index (χ0v) is 12.8. The standard InChI is InChI=1S/C15H18ClFO2S/c16-13-2-1-11(9-14(13)17)19-12-3-6-18-15(10-12)4-7-20-8-5-15/h1-2,9,12H,3-8,10H2. The van der Waals surface area contributed by atoms with Crippen LogP contribution in [0.1, 0.15) is 25.7 Å². The average molecular weight is 317 g/mol. The van der Waals surface area contributed by atoms with Crippen LogP contribution < -0.4 is 4.74 Å². The molecule has 2 nitrogen and oxygen atoms in total. The van der Waals surface area contributed by atoms with Crippen LogP contribution in [0.15, 0.2) is 18.2 Å². The molecule has 0 aromatic heterocycles. The van der Waals surface area contributed by atoms with Crippen LogP contribution in [0, 0.1) is 5.82 Å². The molecule has 0 aliphatic carbocycles. The van der Waals surface area contributed by atoms with E-state index >= 15 is 0 Å². The molecule has 2 aliphatic heterocycles. The lowest BCUT2D eigenvalue weighted by atomic mass is 9.86. The van der Waals surface area contributed by atoms with Gasteiger partial charge in [-0.15, -0.1) is 0 Å². The number of hydrogen-bond acceptors (Lipinski definition) is 3. The summed E-state index contributed by atoms with van der Waals surface area (Å²) < 4.78 is 25.4. The summed E-state index contributed by atoms with van der Waals surface area (Å²) in [7, 11) is 0. The van der Waals surface area contributed by atoms with E-state index in [9.17, 15) is 4.39 Å². The Kier molecular flexibility index (Phi) is 4.43. The Morgan fingerprint density at radius 1 is 1.35 bits per heavy atom. The van der Waals surface area contributed by atoms with Gasteiger partial charge in [0, 0.05) is 18.9 Å². The van der Waals surface area contributed by atoms with Gasteiger partial charge in [0.05, 0.1) is 17.2 Å². The molecule has 1 atom stereocenters. The topological polar surface area (TPSA) is 18.5 Å². The lowest BCUT2D eigenvalue weighted by Crippen LogP contribution is -2.46. The van der Waals surface area contributed by atoms with E-state index < -0.39 is 5.82 Å². The van der Waals surface area contributed by atoms with Crippen molar-refractivity contribution in [2.24, 2.45) is 0 Å². The summed E-state index contributed by atoms with van der Waals surface area (Å²) in [5, 5.41) is 0.130. The van der Waals surface area contributed by atoms with E-state index in [0.717, 1.165) is 43.8 Å². The maximum absolute atomic E-state index is 13.4. The van der Waals surface area contributed by atoms with E-state index in [1.165, 1.54) is 6.07 Å². The van der Waals surface area contributed by atoms with Gasteiger partial charge in [-0.25, -0.2) is 4.39 Å². The minimum Gasteiger partial charge on any atom is -0.490 e. The van der Waals surface area contributed by atoms with Crippen molar-refractivity contribution in [3.05, 3.63) is 29.0 Å². The Labute approximate surface area is 128 Å². The number of rotatable bonds is 2. The maximum atomic E-state index is 13.4. The van der Waals surface area contributed by atoms with E-state index in [1.807, 2.05) is 11.8 Å². The highest BCUT2D eigenvalue weighted by atomic mass is 35.5. The Balaban J connectivity index is 1.66. The molecule has 0 saturated carbocycles. The quantitative estimate of drug-likeness (QED) is 0.810. The number of benzene rings is 1. The molecule has 1 unspecified atom stereocenters. The molecule has 1 aromatic rings. The fourth-order valence-electron chi connectivity index (χ4n) is 2.92. The summed E-state index contributed by atoms with van der Waals surface area (Å²) in [6.07, 6.45) is 4.04. The molecule has 1 aromatic carbocycles. The number of hydrogen-bond donors (Lipinski definition) is 0. The molecular formula is C15H18ClFO2S. The summed E-state index contributed by atoms with van der Waals surface area (Å²) in [6, 6.07) is 4.63. The molecule has 0 N–H and O–H groups in total. The van der Waals surface area contributed by atoms with E-state index in [4.69, 9.17) is 21.1 Å². The average Bonchev–Trinajstić information content (AvgIpc) is 2.44. The van der Waals surface area contributed by atoms with Crippen LogP contribution in [0.2, 0.25) is 5.02 Å². The van der Waals surface area contributed by atoms with Crippen molar-refractivity contribution in [1.29, 1.82) is 0 Å². The first kappa shape index (κ1) is 14.5. The van der Waals surface area contributed by atoms with Crippen LogP contribution in [-0.2, 0) is 4.74 Å². The third-order valence-electron chi connectivity index (χ3n) is 4.05. The van der Waals surface area contributed by atoms with Crippen LogP contribution in [0.25, 0.3) is 0 Å². The van der Waals surface area contributed by atoms with E-state index in [0.29, 0.717) is 5.75 Å². The van der Waals surface area contributed by atoms with Crippen molar-refractivity contribution in [3.8, 4) is 5.75 Å². The minimum absolute atomic E-state index is 0.0147. The van der Waals surface area contributed by atoms with Gasteiger partial charge in [0.2, 0.25) is 0 Å². The first-order chi connectivity index (χ1) is 9.67. The number of ether oxygens (including phenoxy) is 2. The van der Waals surface area contributed by atoms with Crippen LogP contribution in [-0.4, -0.2) is 29.8 Å². The highest BCUT2D eigenvalue weighted by Gasteiger charge is 2.39. The summed E-state index contributed by atoms with van der Waals surface area (Å²) in [5.74, 6) is 2.43. The fourth-order valence-corrected chi connectivity index (χ4v) is 4.27. The van der Waals surface area contributed by atoms with Gasteiger partial charge >= 0.3 is 0 Å². The Hall–Kier alpha value is -0.450. The molecule has 1 spiro atoms. The van der Waals surface area contributed by atoms with Crippen molar-refractivity contribution >= 4 is 23.4 Å². The van der Waals surface area contributed by atoms with E-state index in [1.54, 1.807) is 12.1 Å². The molecule has 0 bridgehead atoms. The second kappa shape index (κ2) is 6.12. The van der Waals surface area contributed by atoms with Gasteiger partial charge in [-0.3, -0.25) is 0 Å².